The third-order valence-electron chi connectivity index (χ3n) is 4.84. The molecule has 2 N–H and O–H groups in total. The maximum Gasteiger partial charge on any atom is 0.254 e. The number of hydrogen-bond acceptors (Lipinski definition) is 3. The van der Waals surface area contributed by atoms with Crippen molar-refractivity contribution in [2.24, 2.45) is 0 Å². The van der Waals surface area contributed by atoms with Crippen LogP contribution in [0.1, 0.15) is 56.8 Å². The van der Waals surface area contributed by atoms with Crippen molar-refractivity contribution in [3.05, 3.63) is 35.9 Å². The molecule has 1 fully saturated rings. The quantitative estimate of drug-likeness (QED) is 0.816. The summed E-state index contributed by atoms with van der Waals surface area (Å²) in [6.45, 7) is 6.14. The highest BCUT2D eigenvalue weighted by Crippen LogP contribution is 2.20. The summed E-state index contributed by atoms with van der Waals surface area (Å²) in [6, 6.07) is 7.90. The fourth-order valence-corrected chi connectivity index (χ4v) is 3.04. The van der Waals surface area contributed by atoms with E-state index in [0.717, 1.165) is 19.3 Å². The van der Waals surface area contributed by atoms with Crippen LogP contribution in [0, 0.1) is 0 Å². The molecule has 0 radical (unpaired) electrons. The molecule has 3 atom stereocenters. The summed E-state index contributed by atoms with van der Waals surface area (Å²) >= 11 is 0. The fourth-order valence-electron chi connectivity index (χ4n) is 3.04. The number of piperidine rings is 1. The number of carbonyl (C=O) groups is 3. The highest BCUT2D eigenvalue weighted by Gasteiger charge is 2.33. The number of nitrogens with one attached hydrogen (secondary N) is 2. The third kappa shape index (κ3) is 5.07. The number of likely N-dealkylation sites (tertiary alicyclic amines) is 1. The number of hydrogen-bond donors (Lipinski definition) is 2. The maximum absolute atomic E-state index is 12.8. The number of rotatable bonds is 6. The molecule has 1 aromatic rings. The van der Waals surface area contributed by atoms with Crippen molar-refractivity contribution in [2.45, 2.75) is 64.6 Å². The molecule has 1 aliphatic rings. The fraction of sp³-hybridized carbons (Fsp3) is 0.550. The van der Waals surface area contributed by atoms with Gasteiger partial charge in [0, 0.05) is 18.2 Å². The Bertz CT molecular complexity index is 632. The van der Waals surface area contributed by atoms with Crippen LogP contribution in [0.4, 0.5) is 0 Å². The second-order valence-electron chi connectivity index (χ2n) is 6.92. The van der Waals surface area contributed by atoms with Crippen LogP contribution in [-0.4, -0.2) is 47.3 Å². The zero-order valence-corrected chi connectivity index (χ0v) is 15.8. The maximum atomic E-state index is 12.8. The molecule has 142 valence electrons. The van der Waals surface area contributed by atoms with Gasteiger partial charge in [0.2, 0.25) is 11.8 Å². The van der Waals surface area contributed by atoms with Crippen molar-refractivity contribution in [1.29, 1.82) is 0 Å². The van der Waals surface area contributed by atoms with Crippen LogP contribution in [0.25, 0.3) is 0 Å². The number of benzene rings is 1. The SMILES string of the molecule is CCC(C)NC(=O)C(C)NC(=O)C1CCCCN1C(=O)c1ccccc1. The molecule has 0 aliphatic carbocycles. The Balaban J connectivity index is 2.03. The Kier molecular flexibility index (Phi) is 7.18. The number of amides is 3. The molecule has 6 heteroatoms. The van der Waals surface area contributed by atoms with Crippen LogP contribution in [0.5, 0.6) is 0 Å². The lowest BCUT2D eigenvalue weighted by Crippen LogP contribution is -2.56. The van der Waals surface area contributed by atoms with Crippen LogP contribution in [0.2, 0.25) is 0 Å². The molecule has 0 saturated carbocycles. The van der Waals surface area contributed by atoms with Gasteiger partial charge in [-0.2, -0.15) is 0 Å². The summed E-state index contributed by atoms with van der Waals surface area (Å²) < 4.78 is 0. The smallest absolute Gasteiger partial charge is 0.254 e. The summed E-state index contributed by atoms with van der Waals surface area (Å²) in [5, 5.41) is 5.63. The van der Waals surface area contributed by atoms with Crippen molar-refractivity contribution >= 4 is 17.7 Å². The first-order valence-corrected chi connectivity index (χ1v) is 9.40. The van der Waals surface area contributed by atoms with Gasteiger partial charge in [-0.1, -0.05) is 25.1 Å². The highest BCUT2D eigenvalue weighted by atomic mass is 16.2. The van der Waals surface area contributed by atoms with Gasteiger partial charge in [0.1, 0.15) is 12.1 Å². The first kappa shape index (κ1) is 19.9. The van der Waals surface area contributed by atoms with E-state index in [-0.39, 0.29) is 23.8 Å². The van der Waals surface area contributed by atoms with E-state index in [1.165, 1.54) is 0 Å². The monoisotopic (exact) mass is 359 g/mol. The Hall–Kier alpha value is -2.37. The van der Waals surface area contributed by atoms with Gasteiger partial charge in [-0.15, -0.1) is 0 Å². The van der Waals surface area contributed by atoms with Crippen LogP contribution in [-0.2, 0) is 9.59 Å². The predicted octanol–water partition coefficient (Wildman–Crippen LogP) is 2.10. The van der Waals surface area contributed by atoms with Crippen molar-refractivity contribution in [2.75, 3.05) is 6.54 Å². The zero-order chi connectivity index (χ0) is 19.1. The van der Waals surface area contributed by atoms with Crippen LogP contribution in [0.3, 0.4) is 0 Å². The van der Waals surface area contributed by atoms with Crippen LogP contribution < -0.4 is 10.6 Å². The standard InChI is InChI=1S/C20H29N3O3/c1-4-14(2)21-18(24)15(3)22-19(25)17-12-8-9-13-23(17)20(26)16-10-6-5-7-11-16/h5-7,10-11,14-15,17H,4,8-9,12-13H2,1-3H3,(H,21,24)(H,22,25). The molecule has 0 spiro atoms. The average Bonchev–Trinajstić information content (AvgIpc) is 2.67. The largest absolute Gasteiger partial charge is 0.352 e. The van der Waals surface area contributed by atoms with E-state index in [1.54, 1.807) is 24.0 Å². The van der Waals surface area contributed by atoms with E-state index in [9.17, 15) is 14.4 Å². The average molecular weight is 359 g/mol. The Morgan fingerprint density at radius 3 is 2.46 bits per heavy atom. The predicted molar refractivity (Wildman–Crippen MR) is 101 cm³/mol. The first-order chi connectivity index (χ1) is 12.4. The van der Waals surface area contributed by atoms with Gasteiger partial charge >= 0.3 is 0 Å². The highest BCUT2D eigenvalue weighted by molar-refractivity contribution is 5.98. The Morgan fingerprint density at radius 2 is 1.81 bits per heavy atom. The molecule has 1 aromatic carbocycles. The summed E-state index contributed by atoms with van der Waals surface area (Å²) in [4.78, 5) is 39.3. The molecule has 2 rings (SSSR count). The van der Waals surface area contributed by atoms with Crippen molar-refractivity contribution in [3.8, 4) is 0 Å². The molecule has 3 amide bonds. The Morgan fingerprint density at radius 1 is 1.12 bits per heavy atom. The van der Waals surface area contributed by atoms with E-state index in [1.807, 2.05) is 32.0 Å². The van der Waals surface area contributed by atoms with Gasteiger partial charge < -0.3 is 15.5 Å². The van der Waals surface area contributed by atoms with Crippen molar-refractivity contribution < 1.29 is 14.4 Å². The van der Waals surface area contributed by atoms with Crippen LogP contribution in [0.15, 0.2) is 30.3 Å². The Labute approximate surface area is 155 Å². The summed E-state index contributed by atoms with van der Waals surface area (Å²) in [7, 11) is 0. The minimum Gasteiger partial charge on any atom is -0.352 e. The van der Waals surface area contributed by atoms with Gasteiger partial charge in [0.25, 0.3) is 5.91 Å². The molecular weight excluding hydrogens is 330 g/mol. The van der Waals surface area contributed by atoms with Gasteiger partial charge in [-0.3, -0.25) is 14.4 Å². The van der Waals surface area contributed by atoms with E-state index >= 15 is 0 Å². The normalized spacial score (nSPS) is 19.3. The lowest BCUT2D eigenvalue weighted by Gasteiger charge is -2.35. The van der Waals surface area contributed by atoms with Gasteiger partial charge in [0.15, 0.2) is 0 Å². The van der Waals surface area contributed by atoms with Gasteiger partial charge in [0.05, 0.1) is 0 Å². The molecule has 1 aliphatic heterocycles. The van der Waals surface area contributed by atoms with Crippen LogP contribution >= 0.6 is 0 Å². The molecule has 6 nitrogen and oxygen atoms in total. The van der Waals surface area contributed by atoms with E-state index in [4.69, 9.17) is 0 Å². The number of carbonyl (C=O) groups excluding carboxylic acids is 3. The lowest BCUT2D eigenvalue weighted by molar-refractivity contribution is -0.132. The molecule has 0 bridgehead atoms. The molecule has 3 unspecified atom stereocenters. The molecular formula is C20H29N3O3. The molecule has 1 heterocycles. The van der Waals surface area contributed by atoms with E-state index < -0.39 is 12.1 Å². The zero-order valence-electron chi connectivity index (χ0n) is 15.8. The van der Waals surface area contributed by atoms with Gasteiger partial charge in [-0.25, -0.2) is 0 Å². The molecule has 1 saturated heterocycles. The second kappa shape index (κ2) is 9.36. The molecule has 26 heavy (non-hydrogen) atoms. The third-order valence-corrected chi connectivity index (χ3v) is 4.84. The van der Waals surface area contributed by atoms with Gasteiger partial charge in [-0.05, 0) is 51.7 Å². The number of nitrogens with zero attached hydrogens (tertiary/aromatic N) is 1. The first-order valence-electron chi connectivity index (χ1n) is 9.40. The van der Waals surface area contributed by atoms with E-state index in [0.29, 0.717) is 18.5 Å². The summed E-state index contributed by atoms with van der Waals surface area (Å²) in [5.74, 6) is -0.604. The van der Waals surface area contributed by atoms with E-state index in [2.05, 4.69) is 10.6 Å². The van der Waals surface area contributed by atoms with Crippen molar-refractivity contribution in [3.63, 3.8) is 0 Å². The summed E-state index contributed by atoms with van der Waals surface area (Å²) in [5.41, 5.74) is 0.578. The lowest BCUT2D eigenvalue weighted by atomic mass is 9.99. The molecule has 0 aromatic heterocycles. The van der Waals surface area contributed by atoms with Crippen molar-refractivity contribution in [1.82, 2.24) is 15.5 Å². The summed E-state index contributed by atoms with van der Waals surface area (Å²) in [6.07, 6.45) is 3.22. The minimum absolute atomic E-state index is 0.0627. The minimum atomic E-state index is -0.632. The topological polar surface area (TPSA) is 78.5 Å². The second-order valence-corrected chi connectivity index (χ2v) is 6.92.